The molecule has 0 saturated heterocycles. The van der Waals surface area contributed by atoms with E-state index < -0.39 is 5.82 Å². The quantitative estimate of drug-likeness (QED) is 0.262. The van der Waals surface area contributed by atoms with E-state index in [-0.39, 0.29) is 26.1 Å². The summed E-state index contributed by atoms with van der Waals surface area (Å²) in [5.74, 6) is -0.694. The van der Waals surface area contributed by atoms with Crippen LogP contribution in [0.4, 0.5) is 4.39 Å². The van der Waals surface area contributed by atoms with Gasteiger partial charge in [0.15, 0.2) is 16.1 Å². The van der Waals surface area contributed by atoms with Crippen LogP contribution < -0.4 is 0 Å². The highest BCUT2D eigenvalue weighted by molar-refractivity contribution is 8.02. The second kappa shape index (κ2) is 7.66. The Morgan fingerprint density at radius 3 is 2.14 bits per heavy atom. The Kier molecular flexibility index (Phi) is 6.12. The van der Waals surface area contributed by atoms with Gasteiger partial charge in [0.25, 0.3) is 0 Å². The van der Waals surface area contributed by atoms with Gasteiger partial charge in [-0.15, -0.1) is 0 Å². The summed E-state index contributed by atoms with van der Waals surface area (Å²) in [4.78, 5) is 16.1. The van der Waals surface area contributed by atoms with Crippen LogP contribution in [-0.4, -0.2) is 10.8 Å². The van der Waals surface area contributed by atoms with Crippen molar-refractivity contribution in [3.63, 3.8) is 0 Å². The van der Waals surface area contributed by atoms with Crippen molar-refractivity contribution in [2.24, 2.45) is 0 Å². The first-order valence-corrected chi connectivity index (χ1v) is 8.12. The zero-order valence-corrected chi connectivity index (χ0v) is 14.5. The van der Waals surface area contributed by atoms with Crippen LogP contribution in [0, 0.1) is 5.82 Å². The molecule has 0 aliphatic rings. The first-order chi connectivity index (χ1) is 10.4. The standard InChI is InChI=1S/C14H6Cl4FNOS/c15-10-12(11(16)14(18)20-13(10)17)22-6-5-9(21)7-1-3-8(19)4-2-7/h1-6H/b6-5-. The number of benzene rings is 1. The fourth-order valence-corrected chi connectivity index (χ4v) is 3.28. The lowest BCUT2D eigenvalue weighted by Crippen LogP contribution is -1.93. The van der Waals surface area contributed by atoms with Gasteiger partial charge in [-0.25, -0.2) is 9.37 Å². The van der Waals surface area contributed by atoms with Gasteiger partial charge in [0.1, 0.15) is 5.82 Å². The molecule has 2 rings (SSSR count). The number of carbonyl (C=O) groups is 1. The van der Waals surface area contributed by atoms with Crippen molar-refractivity contribution in [3.8, 4) is 0 Å². The molecule has 0 atom stereocenters. The zero-order chi connectivity index (χ0) is 16.3. The Hall–Kier alpha value is -0.780. The molecular formula is C14H6Cl4FNOS. The average Bonchev–Trinajstić information content (AvgIpc) is 2.49. The van der Waals surface area contributed by atoms with Gasteiger partial charge in [0, 0.05) is 5.56 Å². The minimum Gasteiger partial charge on any atom is -0.289 e. The molecule has 1 heterocycles. The summed E-state index contributed by atoms with van der Waals surface area (Å²) in [5, 5.41) is 1.85. The summed E-state index contributed by atoms with van der Waals surface area (Å²) < 4.78 is 12.8. The van der Waals surface area contributed by atoms with Crippen LogP contribution in [0.1, 0.15) is 10.4 Å². The van der Waals surface area contributed by atoms with Crippen molar-refractivity contribution < 1.29 is 9.18 Å². The minimum atomic E-state index is -0.408. The third-order valence-corrected chi connectivity index (χ3v) is 5.11. The normalized spacial score (nSPS) is 11.1. The van der Waals surface area contributed by atoms with Gasteiger partial charge < -0.3 is 0 Å². The lowest BCUT2D eigenvalue weighted by Gasteiger charge is -2.06. The van der Waals surface area contributed by atoms with Gasteiger partial charge in [0.2, 0.25) is 0 Å². The third kappa shape index (κ3) is 4.15. The van der Waals surface area contributed by atoms with Crippen molar-refractivity contribution in [2.75, 3.05) is 0 Å². The van der Waals surface area contributed by atoms with Crippen molar-refractivity contribution >= 4 is 63.9 Å². The van der Waals surface area contributed by atoms with Gasteiger partial charge in [-0.05, 0) is 35.7 Å². The van der Waals surface area contributed by atoms with E-state index in [1.54, 1.807) is 0 Å². The van der Waals surface area contributed by atoms with Crippen LogP contribution in [0.3, 0.4) is 0 Å². The Balaban J connectivity index is 2.16. The van der Waals surface area contributed by atoms with Crippen molar-refractivity contribution in [3.05, 3.63) is 67.5 Å². The van der Waals surface area contributed by atoms with E-state index >= 15 is 0 Å². The second-order valence-corrected chi connectivity index (χ2v) is 6.33. The molecule has 22 heavy (non-hydrogen) atoms. The zero-order valence-electron chi connectivity index (χ0n) is 10.6. The predicted molar refractivity (Wildman–Crippen MR) is 90.0 cm³/mol. The lowest BCUT2D eigenvalue weighted by atomic mass is 10.1. The van der Waals surface area contributed by atoms with Crippen LogP contribution in [0.2, 0.25) is 20.4 Å². The van der Waals surface area contributed by atoms with E-state index in [0.29, 0.717) is 10.5 Å². The molecule has 0 fully saturated rings. The smallest absolute Gasteiger partial charge is 0.186 e. The minimum absolute atomic E-state index is 0.0248. The SMILES string of the molecule is O=C(/C=C\Sc1c(Cl)c(Cl)nc(Cl)c1Cl)c1ccc(F)cc1. The summed E-state index contributed by atoms with van der Waals surface area (Å²) in [5.41, 5.74) is 0.362. The number of pyridine rings is 1. The highest BCUT2D eigenvalue weighted by Gasteiger charge is 2.15. The molecule has 0 amide bonds. The monoisotopic (exact) mass is 395 g/mol. The molecule has 0 radical (unpaired) electrons. The van der Waals surface area contributed by atoms with E-state index in [2.05, 4.69) is 4.98 Å². The summed E-state index contributed by atoms with van der Waals surface area (Å²) in [6.07, 6.45) is 1.31. The number of hydrogen-bond acceptors (Lipinski definition) is 3. The van der Waals surface area contributed by atoms with Crippen molar-refractivity contribution in [1.82, 2.24) is 4.98 Å². The fourth-order valence-electron chi connectivity index (χ4n) is 1.45. The van der Waals surface area contributed by atoms with Gasteiger partial charge in [0.05, 0.1) is 14.9 Å². The third-order valence-electron chi connectivity index (χ3n) is 2.49. The summed E-state index contributed by atoms with van der Waals surface area (Å²) in [6, 6.07) is 5.22. The first-order valence-electron chi connectivity index (χ1n) is 5.73. The largest absolute Gasteiger partial charge is 0.289 e. The van der Waals surface area contributed by atoms with Gasteiger partial charge in [-0.2, -0.15) is 0 Å². The van der Waals surface area contributed by atoms with Crippen LogP contribution in [-0.2, 0) is 0 Å². The molecule has 0 bridgehead atoms. The van der Waals surface area contributed by atoms with Crippen molar-refractivity contribution in [2.45, 2.75) is 4.90 Å². The molecule has 0 N–H and O–H groups in total. The number of ketones is 1. The Bertz CT molecular complexity index is 723. The molecule has 114 valence electrons. The van der Waals surface area contributed by atoms with Gasteiger partial charge >= 0.3 is 0 Å². The number of aromatic nitrogens is 1. The number of thioether (sulfide) groups is 1. The Morgan fingerprint density at radius 1 is 1.05 bits per heavy atom. The highest BCUT2D eigenvalue weighted by atomic mass is 35.5. The van der Waals surface area contributed by atoms with E-state index in [4.69, 9.17) is 46.4 Å². The van der Waals surface area contributed by atoms with Gasteiger partial charge in [-0.1, -0.05) is 58.2 Å². The first kappa shape index (κ1) is 17.6. The maximum absolute atomic E-state index is 12.8. The average molecular weight is 397 g/mol. The highest BCUT2D eigenvalue weighted by Crippen LogP contribution is 2.41. The molecule has 0 aliphatic heterocycles. The number of carbonyl (C=O) groups excluding carboxylic acids is 1. The number of halogens is 5. The maximum atomic E-state index is 12.8. The predicted octanol–water partition coefficient (Wildman–Crippen LogP) is 6.32. The van der Waals surface area contributed by atoms with Crippen LogP contribution in [0.25, 0.3) is 0 Å². The molecule has 1 aromatic carbocycles. The summed E-state index contributed by atoms with van der Waals surface area (Å²) in [7, 11) is 0. The molecule has 0 saturated carbocycles. The maximum Gasteiger partial charge on any atom is 0.186 e. The molecular weight excluding hydrogens is 391 g/mol. The fraction of sp³-hybridized carbons (Fsp3) is 0. The summed E-state index contributed by atoms with van der Waals surface area (Å²) in [6.45, 7) is 0. The second-order valence-electron chi connectivity index (χ2n) is 3.94. The molecule has 0 spiro atoms. The van der Waals surface area contributed by atoms with E-state index in [1.807, 2.05) is 0 Å². The Labute approximate surface area is 150 Å². The number of allylic oxidation sites excluding steroid dienone is 1. The molecule has 2 nitrogen and oxygen atoms in total. The van der Waals surface area contributed by atoms with Gasteiger partial charge in [-0.3, -0.25) is 4.79 Å². The summed E-state index contributed by atoms with van der Waals surface area (Å²) >= 11 is 24.7. The Morgan fingerprint density at radius 2 is 1.59 bits per heavy atom. The molecule has 8 heteroatoms. The molecule has 0 aliphatic carbocycles. The van der Waals surface area contributed by atoms with E-state index in [0.717, 1.165) is 11.8 Å². The van der Waals surface area contributed by atoms with Crippen LogP contribution in [0.5, 0.6) is 0 Å². The number of rotatable bonds is 4. The number of nitrogens with zero attached hydrogens (tertiary/aromatic N) is 1. The number of hydrogen-bond donors (Lipinski definition) is 0. The van der Waals surface area contributed by atoms with Crippen molar-refractivity contribution in [1.29, 1.82) is 0 Å². The topological polar surface area (TPSA) is 30.0 Å². The van der Waals surface area contributed by atoms with Crippen LogP contribution >= 0.6 is 58.2 Å². The van der Waals surface area contributed by atoms with E-state index in [9.17, 15) is 9.18 Å². The molecule has 2 aromatic rings. The van der Waals surface area contributed by atoms with Crippen LogP contribution in [0.15, 0.2) is 40.6 Å². The van der Waals surface area contributed by atoms with E-state index in [1.165, 1.54) is 35.7 Å². The lowest BCUT2D eigenvalue weighted by molar-refractivity contribution is 0.104. The molecule has 0 unspecified atom stereocenters. The molecule has 1 aromatic heterocycles.